The molecule has 0 fully saturated rings. The van der Waals surface area contributed by atoms with Crippen LogP contribution in [0.2, 0.25) is 0 Å². The van der Waals surface area contributed by atoms with Gasteiger partial charge in [-0.25, -0.2) is 0 Å². The van der Waals surface area contributed by atoms with E-state index in [-0.39, 0.29) is 25.2 Å². The zero-order chi connectivity index (χ0) is 10.3. The molecule has 0 aliphatic heterocycles. The van der Waals surface area contributed by atoms with Crippen LogP contribution in [0.1, 0.15) is 26.7 Å². The molecular formula is C9H21NO3. The van der Waals surface area contributed by atoms with Gasteiger partial charge in [0.1, 0.15) is 6.23 Å². The Morgan fingerprint density at radius 2 is 1.92 bits per heavy atom. The summed E-state index contributed by atoms with van der Waals surface area (Å²) in [6, 6.07) is -0.214. The van der Waals surface area contributed by atoms with E-state index in [9.17, 15) is 5.11 Å². The number of rotatable bonds is 7. The molecule has 0 saturated heterocycles. The maximum absolute atomic E-state index is 9.54. The van der Waals surface area contributed by atoms with Crippen LogP contribution < -0.4 is 5.32 Å². The van der Waals surface area contributed by atoms with E-state index in [1.54, 1.807) is 0 Å². The van der Waals surface area contributed by atoms with Crippen molar-refractivity contribution in [2.24, 2.45) is 5.92 Å². The highest BCUT2D eigenvalue weighted by atomic mass is 16.3. The molecule has 3 atom stereocenters. The van der Waals surface area contributed by atoms with Crippen LogP contribution in [-0.2, 0) is 0 Å². The van der Waals surface area contributed by atoms with Crippen LogP contribution in [0.25, 0.3) is 0 Å². The summed E-state index contributed by atoms with van der Waals surface area (Å²) in [5.41, 5.74) is 0. The number of aliphatic hydroxyl groups is 3. The van der Waals surface area contributed by atoms with Crippen molar-refractivity contribution < 1.29 is 15.3 Å². The molecule has 0 heterocycles. The van der Waals surface area contributed by atoms with Crippen molar-refractivity contribution >= 4 is 0 Å². The Morgan fingerprint density at radius 3 is 2.31 bits per heavy atom. The third kappa shape index (κ3) is 5.21. The van der Waals surface area contributed by atoms with Gasteiger partial charge in [0.2, 0.25) is 0 Å². The standard InChI is InChI=1S/C9H21NO3/c1-3-7(2)9(13)10-8(6-12)4-5-11/h7-13H,3-6H2,1-2H3. The van der Waals surface area contributed by atoms with Gasteiger partial charge in [-0.2, -0.15) is 0 Å². The summed E-state index contributed by atoms with van der Waals surface area (Å²) >= 11 is 0. The third-order valence-corrected chi connectivity index (χ3v) is 2.29. The Bertz CT molecular complexity index is 121. The minimum absolute atomic E-state index is 0.0193. The molecular weight excluding hydrogens is 170 g/mol. The van der Waals surface area contributed by atoms with Gasteiger partial charge in [0, 0.05) is 12.6 Å². The minimum Gasteiger partial charge on any atom is -0.396 e. The lowest BCUT2D eigenvalue weighted by Crippen LogP contribution is -2.44. The second-order valence-corrected chi connectivity index (χ2v) is 3.39. The van der Waals surface area contributed by atoms with E-state index in [0.717, 1.165) is 6.42 Å². The van der Waals surface area contributed by atoms with Crippen LogP contribution in [-0.4, -0.2) is 40.8 Å². The van der Waals surface area contributed by atoms with Crippen molar-refractivity contribution in [1.82, 2.24) is 5.32 Å². The second-order valence-electron chi connectivity index (χ2n) is 3.39. The summed E-state index contributed by atoms with van der Waals surface area (Å²) < 4.78 is 0. The van der Waals surface area contributed by atoms with E-state index >= 15 is 0 Å². The van der Waals surface area contributed by atoms with Crippen LogP contribution in [0.15, 0.2) is 0 Å². The van der Waals surface area contributed by atoms with E-state index in [1.165, 1.54) is 0 Å². The SMILES string of the molecule is CCC(C)C(O)NC(CO)CCO. The summed E-state index contributed by atoms with van der Waals surface area (Å²) in [5, 5.41) is 29.9. The largest absolute Gasteiger partial charge is 0.396 e. The normalized spacial score (nSPS) is 18.2. The topological polar surface area (TPSA) is 72.7 Å². The van der Waals surface area contributed by atoms with Crippen molar-refractivity contribution in [2.75, 3.05) is 13.2 Å². The molecule has 13 heavy (non-hydrogen) atoms. The number of aliphatic hydroxyl groups excluding tert-OH is 3. The highest BCUT2D eigenvalue weighted by molar-refractivity contribution is 4.69. The van der Waals surface area contributed by atoms with Crippen molar-refractivity contribution in [1.29, 1.82) is 0 Å². The predicted molar refractivity (Wildman–Crippen MR) is 51.2 cm³/mol. The Hall–Kier alpha value is -0.160. The smallest absolute Gasteiger partial charge is 0.107 e. The lowest BCUT2D eigenvalue weighted by atomic mass is 10.1. The predicted octanol–water partition coefficient (Wildman–Crippen LogP) is -0.316. The molecule has 0 bridgehead atoms. The fraction of sp³-hybridized carbons (Fsp3) is 1.00. The molecule has 0 amide bonds. The van der Waals surface area contributed by atoms with Gasteiger partial charge in [-0.15, -0.1) is 0 Å². The van der Waals surface area contributed by atoms with Gasteiger partial charge < -0.3 is 15.3 Å². The highest BCUT2D eigenvalue weighted by Gasteiger charge is 2.16. The first kappa shape index (κ1) is 12.8. The first-order valence-corrected chi connectivity index (χ1v) is 4.81. The Kier molecular flexibility index (Phi) is 7.17. The molecule has 0 aliphatic carbocycles. The monoisotopic (exact) mass is 191 g/mol. The Labute approximate surface area is 79.6 Å². The lowest BCUT2D eigenvalue weighted by Gasteiger charge is -2.23. The van der Waals surface area contributed by atoms with Gasteiger partial charge in [0.15, 0.2) is 0 Å². The molecule has 4 heteroatoms. The maximum Gasteiger partial charge on any atom is 0.107 e. The van der Waals surface area contributed by atoms with E-state index in [4.69, 9.17) is 10.2 Å². The molecule has 0 rings (SSSR count). The van der Waals surface area contributed by atoms with E-state index in [1.807, 2.05) is 13.8 Å². The zero-order valence-electron chi connectivity index (χ0n) is 8.40. The molecule has 0 spiro atoms. The van der Waals surface area contributed by atoms with Gasteiger partial charge >= 0.3 is 0 Å². The van der Waals surface area contributed by atoms with Crippen molar-refractivity contribution in [2.45, 2.75) is 39.0 Å². The maximum atomic E-state index is 9.54. The average Bonchev–Trinajstić information content (AvgIpc) is 2.15. The summed E-state index contributed by atoms with van der Waals surface area (Å²) in [4.78, 5) is 0. The zero-order valence-corrected chi connectivity index (χ0v) is 8.40. The van der Waals surface area contributed by atoms with Crippen molar-refractivity contribution in [3.63, 3.8) is 0 Å². The number of hydrogen-bond acceptors (Lipinski definition) is 4. The molecule has 80 valence electrons. The van der Waals surface area contributed by atoms with E-state index in [2.05, 4.69) is 5.32 Å². The molecule has 0 saturated carbocycles. The molecule has 0 aromatic carbocycles. The second kappa shape index (κ2) is 7.26. The Morgan fingerprint density at radius 1 is 1.31 bits per heavy atom. The molecule has 4 nitrogen and oxygen atoms in total. The Balaban J connectivity index is 3.78. The van der Waals surface area contributed by atoms with Gasteiger partial charge in [0.25, 0.3) is 0 Å². The summed E-state index contributed by atoms with van der Waals surface area (Å²) in [5.74, 6) is 0.160. The summed E-state index contributed by atoms with van der Waals surface area (Å²) in [7, 11) is 0. The first-order chi connectivity index (χ1) is 6.15. The number of hydrogen-bond donors (Lipinski definition) is 4. The van der Waals surface area contributed by atoms with Gasteiger partial charge in [-0.1, -0.05) is 13.8 Å². The molecule has 0 aliphatic rings. The van der Waals surface area contributed by atoms with Crippen molar-refractivity contribution in [3.8, 4) is 0 Å². The van der Waals surface area contributed by atoms with Crippen LogP contribution in [0, 0.1) is 5.92 Å². The molecule has 0 aromatic heterocycles. The fourth-order valence-corrected chi connectivity index (χ4v) is 1.01. The van der Waals surface area contributed by atoms with Gasteiger partial charge in [-0.3, -0.25) is 5.32 Å². The van der Waals surface area contributed by atoms with Crippen LogP contribution >= 0.6 is 0 Å². The van der Waals surface area contributed by atoms with Crippen LogP contribution in [0.4, 0.5) is 0 Å². The summed E-state index contributed by atoms with van der Waals surface area (Å²) in [6.45, 7) is 3.89. The third-order valence-electron chi connectivity index (χ3n) is 2.29. The van der Waals surface area contributed by atoms with Gasteiger partial charge in [-0.05, 0) is 18.8 Å². The average molecular weight is 191 g/mol. The van der Waals surface area contributed by atoms with Crippen LogP contribution in [0.3, 0.4) is 0 Å². The first-order valence-electron chi connectivity index (χ1n) is 4.81. The quantitative estimate of drug-likeness (QED) is 0.416. The lowest BCUT2D eigenvalue weighted by molar-refractivity contribution is 0.0522. The highest BCUT2D eigenvalue weighted by Crippen LogP contribution is 2.06. The van der Waals surface area contributed by atoms with E-state index in [0.29, 0.717) is 6.42 Å². The molecule has 3 unspecified atom stereocenters. The van der Waals surface area contributed by atoms with E-state index < -0.39 is 6.23 Å². The molecule has 4 N–H and O–H groups in total. The van der Waals surface area contributed by atoms with Gasteiger partial charge in [0.05, 0.1) is 6.61 Å². The number of nitrogens with one attached hydrogen (secondary N) is 1. The minimum atomic E-state index is -0.603. The fourth-order valence-electron chi connectivity index (χ4n) is 1.01. The molecule has 0 aromatic rings. The van der Waals surface area contributed by atoms with Crippen LogP contribution in [0.5, 0.6) is 0 Å². The molecule has 0 radical (unpaired) electrons. The van der Waals surface area contributed by atoms with Crippen molar-refractivity contribution in [3.05, 3.63) is 0 Å². The summed E-state index contributed by atoms with van der Waals surface area (Å²) in [6.07, 6.45) is 0.740.